The maximum absolute atomic E-state index is 12.5. The Morgan fingerprint density at radius 3 is 2.60 bits per heavy atom. The molecule has 0 aliphatic heterocycles. The quantitative estimate of drug-likeness (QED) is 0.222. The van der Waals surface area contributed by atoms with Crippen LogP contribution in [0.15, 0.2) is 47.8 Å². The number of Topliss-reactive ketones (excluding diaryl/α,β-unsaturated/α-hetero) is 1. The van der Waals surface area contributed by atoms with E-state index in [2.05, 4.69) is 0 Å². The van der Waals surface area contributed by atoms with Crippen LogP contribution in [0.3, 0.4) is 0 Å². The normalized spacial score (nSPS) is 10.6. The second-order valence-electron chi connectivity index (χ2n) is 6.55. The molecule has 0 aliphatic rings. The highest BCUT2D eigenvalue weighted by Crippen LogP contribution is 2.25. The number of benzene rings is 1. The summed E-state index contributed by atoms with van der Waals surface area (Å²) in [5.74, 6) is -1.14. The minimum absolute atomic E-state index is 0.0390. The number of esters is 1. The summed E-state index contributed by atoms with van der Waals surface area (Å²) in [5.41, 5.74) is 1.99. The molecule has 3 rings (SSSR count). The van der Waals surface area contributed by atoms with E-state index in [0.29, 0.717) is 12.1 Å². The molecular formula is C21H20N2O6S. The molecule has 0 unspecified atom stereocenters. The second kappa shape index (κ2) is 9.36. The van der Waals surface area contributed by atoms with Crippen LogP contribution in [0.1, 0.15) is 26.6 Å². The number of thiophene rings is 1. The first-order chi connectivity index (χ1) is 14.4. The third kappa shape index (κ3) is 4.93. The van der Waals surface area contributed by atoms with Gasteiger partial charge in [0.1, 0.15) is 0 Å². The molecule has 156 valence electrons. The average Bonchev–Trinajstić information content (AvgIpc) is 3.34. The van der Waals surface area contributed by atoms with Crippen molar-refractivity contribution in [2.45, 2.75) is 20.4 Å². The van der Waals surface area contributed by atoms with Crippen LogP contribution >= 0.6 is 11.3 Å². The van der Waals surface area contributed by atoms with Crippen LogP contribution in [0.25, 0.3) is 0 Å². The van der Waals surface area contributed by atoms with Crippen LogP contribution in [0.4, 0.5) is 5.69 Å². The van der Waals surface area contributed by atoms with Crippen molar-refractivity contribution < 1.29 is 24.0 Å². The summed E-state index contributed by atoms with van der Waals surface area (Å²) in [7, 11) is 0. The Morgan fingerprint density at radius 2 is 1.90 bits per heavy atom. The van der Waals surface area contributed by atoms with Crippen LogP contribution in [-0.4, -0.2) is 34.5 Å². The van der Waals surface area contributed by atoms with Crippen LogP contribution in [0.5, 0.6) is 5.75 Å². The van der Waals surface area contributed by atoms with Crippen LogP contribution in [0, 0.1) is 24.0 Å². The lowest BCUT2D eigenvalue weighted by atomic mass is 10.1. The van der Waals surface area contributed by atoms with Crippen LogP contribution in [0.2, 0.25) is 0 Å². The number of ketones is 1. The van der Waals surface area contributed by atoms with E-state index in [1.807, 2.05) is 35.9 Å². The minimum atomic E-state index is -0.783. The fraction of sp³-hybridized carbons (Fsp3) is 0.238. The molecule has 0 aliphatic carbocycles. The van der Waals surface area contributed by atoms with E-state index in [1.54, 1.807) is 23.5 Å². The SMILES string of the molecule is Cc1cc(C(=O)COC(=O)COc2ccccc2[N+](=O)[O-])c(C)n1Cc1cccs1. The Balaban J connectivity index is 1.57. The van der Waals surface area contributed by atoms with Crippen LogP contribution in [-0.2, 0) is 16.1 Å². The first-order valence-corrected chi connectivity index (χ1v) is 9.99. The Labute approximate surface area is 176 Å². The van der Waals surface area contributed by atoms with Gasteiger partial charge in [0.25, 0.3) is 0 Å². The molecule has 0 N–H and O–H groups in total. The highest BCUT2D eigenvalue weighted by Gasteiger charge is 2.19. The van der Waals surface area contributed by atoms with Crippen molar-refractivity contribution in [1.82, 2.24) is 4.57 Å². The van der Waals surface area contributed by atoms with Gasteiger partial charge in [-0.2, -0.15) is 0 Å². The van der Waals surface area contributed by atoms with Gasteiger partial charge in [-0.15, -0.1) is 11.3 Å². The third-order valence-electron chi connectivity index (χ3n) is 4.54. The number of nitrogens with zero attached hydrogens (tertiary/aromatic N) is 2. The molecule has 0 spiro atoms. The Kier molecular flexibility index (Phi) is 6.63. The Bertz CT molecular complexity index is 1070. The van der Waals surface area contributed by atoms with E-state index < -0.39 is 24.1 Å². The van der Waals surface area contributed by atoms with E-state index in [1.165, 1.54) is 23.1 Å². The van der Waals surface area contributed by atoms with Gasteiger partial charge < -0.3 is 14.0 Å². The van der Waals surface area contributed by atoms with E-state index >= 15 is 0 Å². The summed E-state index contributed by atoms with van der Waals surface area (Å²) >= 11 is 1.64. The molecule has 0 fully saturated rings. The van der Waals surface area contributed by atoms with Gasteiger partial charge in [-0.25, -0.2) is 4.79 Å². The zero-order valence-electron chi connectivity index (χ0n) is 16.5. The van der Waals surface area contributed by atoms with Crippen molar-refractivity contribution >= 4 is 28.8 Å². The number of ether oxygens (including phenoxy) is 2. The van der Waals surface area contributed by atoms with Crippen molar-refractivity contribution in [3.8, 4) is 5.75 Å². The minimum Gasteiger partial charge on any atom is -0.475 e. The van der Waals surface area contributed by atoms with Crippen LogP contribution < -0.4 is 4.74 Å². The number of nitro benzene ring substituents is 1. The summed E-state index contributed by atoms with van der Waals surface area (Å²) in [6, 6.07) is 11.5. The zero-order valence-corrected chi connectivity index (χ0v) is 17.3. The number of hydrogen-bond acceptors (Lipinski definition) is 7. The van der Waals surface area contributed by atoms with E-state index in [0.717, 1.165) is 11.4 Å². The van der Waals surface area contributed by atoms with Gasteiger partial charge in [0.2, 0.25) is 5.78 Å². The number of carbonyl (C=O) groups is 2. The molecule has 8 nitrogen and oxygen atoms in total. The Morgan fingerprint density at radius 1 is 1.13 bits per heavy atom. The molecule has 9 heteroatoms. The summed E-state index contributed by atoms with van der Waals surface area (Å²) in [5, 5.41) is 13.0. The van der Waals surface area contributed by atoms with Crippen molar-refractivity contribution in [2.75, 3.05) is 13.2 Å². The highest BCUT2D eigenvalue weighted by atomic mass is 32.1. The lowest BCUT2D eigenvalue weighted by Crippen LogP contribution is -2.20. The number of rotatable bonds is 9. The van der Waals surface area contributed by atoms with Gasteiger partial charge >= 0.3 is 11.7 Å². The molecule has 3 aromatic rings. The number of hydrogen-bond donors (Lipinski definition) is 0. The lowest BCUT2D eigenvalue weighted by molar-refractivity contribution is -0.385. The van der Waals surface area contributed by atoms with Crippen molar-refractivity contribution in [2.24, 2.45) is 0 Å². The van der Waals surface area contributed by atoms with Crippen molar-refractivity contribution in [3.05, 3.63) is 79.8 Å². The summed E-state index contributed by atoms with van der Waals surface area (Å²) < 4.78 is 12.2. The number of nitro groups is 1. The molecule has 1 aromatic carbocycles. The highest BCUT2D eigenvalue weighted by molar-refractivity contribution is 7.09. The largest absolute Gasteiger partial charge is 0.475 e. The maximum atomic E-state index is 12.5. The Hall–Kier alpha value is -3.46. The third-order valence-corrected chi connectivity index (χ3v) is 5.40. The molecule has 0 amide bonds. The summed E-state index contributed by atoms with van der Waals surface area (Å²) in [6.45, 7) is 3.49. The van der Waals surface area contributed by atoms with Gasteiger partial charge in [0.05, 0.1) is 11.5 Å². The standard InChI is InChI=1S/C21H20N2O6S/c1-14-10-17(15(2)22(14)11-16-6-5-9-30-16)19(24)12-29-21(25)13-28-20-8-4-3-7-18(20)23(26)27/h3-10H,11-13H2,1-2H3. The predicted octanol–water partition coefficient (Wildman–Crippen LogP) is 3.93. The van der Waals surface area contributed by atoms with Gasteiger partial charge in [0, 0.05) is 27.9 Å². The molecule has 30 heavy (non-hydrogen) atoms. The molecule has 0 radical (unpaired) electrons. The van der Waals surface area contributed by atoms with Gasteiger partial charge in [-0.3, -0.25) is 14.9 Å². The van der Waals surface area contributed by atoms with Gasteiger partial charge in [-0.05, 0) is 37.4 Å². The van der Waals surface area contributed by atoms with Crippen molar-refractivity contribution in [3.63, 3.8) is 0 Å². The van der Waals surface area contributed by atoms with Gasteiger partial charge in [-0.1, -0.05) is 18.2 Å². The zero-order chi connectivity index (χ0) is 21.7. The fourth-order valence-electron chi connectivity index (χ4n) is 3.02. The molecule has 2 heterocycles. The smallest absolute Gasteiger partial charge is 0.344 e. The maximum Gasteiger partial charge on any atom is 0.344 e. The fourth-order valence-corrected chi connectivity index (χ4v) is 3.71. The average molecular weight is 428 g/mol. The molecule has 0 atom stereocenters. The molecule has 0 saturated heterocycles. The summed E-state index contributed by atoms with van der Waals surface area (Å²) in [4.78, 5) is 36.0. The molecule has 0 bridgehead atoms. The molecule has 2 aromatic heterocycles. The summed E-state index contributed by atoms with van der Waals surface area (Å²) in [6.07, 6.45) is 0. The lowest BCUT2D eigenvalue weighted by Gasteiger charge is -2.09. The molecule has 0 saturated carbocycles. The van der Waals surface area contributed by atoms with E-state index in [9.17, 15) is 19.7 Å². The van der Waals surface area contributed by atoms with Gasteiger partial charge in [0.15, 0.2) is 19.0 Å². The number of para-hydroxylation sites is 2. The number of carbonyl (C=O) groups excluding carboxylic acids is 2. The predicted molar refractivity (Wildman–Crippen MR) is 111 cm³/mol. The van der Waals surface area contributed by atoms with E-state index in [4.69, 9.17) is 9.47 Å². The van der Waals surface area contributed by atoms with E-state index in [-0.39, 0.29) is 17.2 Å². The molecular weight excluding hydrogens is 408 g/mol. The number of aryl methyl sites for hydroxylation is 1. The first kappa shape index (κ1) is 21.3. The monoisotopic (exact) mass is 428 g/mol. The second-order valence-corrected chi connectivity index (χ2v) is 7.58. The topological polar surface area (TPSA) is 101 Å². The first-order valence-electron chi connectivity index (χ1n) is 9.11. The number of aromatic nitrogens is 1. The van der Waals surface area contributed by atoms with Crippen molar-refractivity contribution in [1.29, 1.82) is 0 Å².